The Hall–Kier alpha value is -2.33. The van der Waals surface area contributed by atoms with Gasteiger partial charge in [0.2, 0.25) is 5.91 Å². The van der Waals surface area contributed by atoms with Gasteiger partial charge >= 0.3 is 0 Å². The zero-order valence-electron chi connectivity index (χ0n) is 11.6. The number of carbonyl (C=O) groups is 1. The standard InChI is InChI=1S/C16H18N2O2/c1-11-3-5-12(6-4-11)15(17)16(20)18(2)13-7-9-14(19)10-8-13/h3-10,15,19H,17H2,1-2H3. The number of phenolic OH excluding ortho intramolecular Hbond substituents is 1. The number of anilines is 1. The molecule has 0 saturated heterocycles. The molecule has 0 radical (unpaired) electrons. The maximum absolute atomic E-state index is 12.4. The van der Waals surface area contributed by atoms with E-state index < -0.39 is 6.04 Å². The van der Waals surface area contributed by atoms with Crippen LogP contribution in [0.25, 0.3) is 0 Å². The number of aromatic hydroxyl groups is 1. The van der Waals surface area contributed by atoms with Crippen LogP contribution in [0, 0.1) is 6.92 Å². The first-order chi connectivity index (χ1) is 9.49. The molecule has 0 aliphatic carbocycles. The predicted molar refractivity (Wildman–Crippen MR) is 79.6 cm³/mol. The Labute approximate surface area is 118 Å². The summed E-state index contributed by atoms with van der Waals surface area (Å²) >= 11 is 0. The molecule has 0 heterocycles. The van der Waals surface area contributed by atoms with Gasteiger partial charge in [0.1, 0.15) is 11.8 Å². The summed E-state index contributed by atoms with van der Waals surface area (Å²) in [5.41, 5.74) is 8.62. The molecule has 2 aromatic rings. The Morgan fingerprint density at radius 1 is 1.10 bits per heavy atom. The smallest absolute Gasteiger partial charge is 0.248 e. The molecule has 0 spiro atoms. The van der Waals surface area contributed by atoms with E-state index in [9.17, 15) is 9.90 Å². The first-order valence-electron chi connectivity index (χ1n) is 6.38. The fourth-order valence-corrected chi connectivity index (χ4v) is 1.93. The second kappa shape index (κ2) is 5.75. The molecule has 0 aliphatic rings. The minimum Gasteiger partial charge on any atom is -0.508 e. The number of hydrogen-bond donors (Lipinski definition) is 2. The monoisotopic (exact) mass is 270 g/mol. The van der Waals surface area contributed by atoms with Gasteiger partial charge in [0, 0.05) is 12.7 Å². The topological polar surface area (TPSA) is 66.6 Å². The second-order valence-electron chi connectivity index (χ2n) is 4.80. The SMILES string of the molecule is Cc1ccc(C(N)C(=O)N(C)c2ccc(O)cc2)cc1. The molecule has 104 valence electrons. The van der Waals surface area contributed by atoms with E-state index >= 15 is 0 Å². The van der Waals surface area contributed by atoms with Crippen LogP contribution in [0.5, 0.6) is 5.75 Å². The second-order valence-corrected chi connectivity index (χ2v) is 4.80. The highest BCUT2D eigenvalue weighted by Gasteiger charge is 2.20. The predicted octanol–water partition coefficient (Wildman–Crippen LogP) is 2.36. The van der Waals surface area contributed by atoms with Gasteiger partial charge in [-0.25, -0.2) is 0 Å². The molecule has 4 heteroatoms. The fourth-order valence-electron chi connectivity index (χ4n) is 1.93. The third kappa shape index (κ3) is 2.97. The van der Waals surface area contributed by atoms with Crippen LogP contribution in [0.15, 0.2) is 48.5 Å². The summed E-state index contributed by atoms with van der Waals surface area (Å²) in [7, 11) is 1.67. The van der Waals surface area contributed by atoms with Crippen LogP contribution in [-0.2, 0) is 4.79 Å². The van der Waals surface area contributed by atoms with Gasteiger partial charge in [-0.1, -0.05) is 29.8 Å². The summed E-state index contributed by atoms with van der Waals surface area (Å²) < 4.78 is 0. The zero-order valence-corrected chi connectivity index (χ0v) is 11.6. The molecule has 3 N–H and O–H groups in total. The highest BCUT2D eigenvalue weighted by atomic mass is 16.3. The van der Waals surface area contributed by atoms with E-state index in [1.807, 2.05) is 31.2 Å². The average Bonchev–Trinajstić information content (AvgIpc) is 2.46. The molecule has 1 amide bonds. The number of carbonyl (C=O) groups excluding carboxylic acids is 1. The van der Waals surface area contributed by atoms with Crippen LogP contribution in [0.2, 0.25) is 0 Å². The molecular weight excluding hydrogens is 252 g/mol. The van der Waals surface area contributed by atoms with E-state index in [0.717, 1.165) is 11.1 Å². The lowest BCUT2D eigenvalue weighted by atomic mass is 10.0. The molecular formula is C16H18N2O2. The van der Waals surface area contributed by atoms with Gasteiger partial charge in [-0.15, -0.1) is 0 Å². The molecule has 2 aromatic carbocycles. The van der Waals surface area contributed by atoms with Crippen LogP contribution in [0.4, 0.5) is 5.69 Å². The molecule has 0 aromatic heterocycles. The van der Waals surface area contributed by atoms with Crippen LogP contribution in [0.1, 0.15) is 17.2 Å². The molecule has 4 nitrogen and oxygen atoms in total. The molecule has 1 unspecified atom stereocenters. The van der Waals surface area contributed by atoms with Gasteiger partial charge in [0.15, 0.2) is 0 Å². The fraction of sp³-hybridized carbons (Fsp3) is 0.188. The van der Waals surface area contributed by atoms with E-state index in [-0.39, 0.29) is 11.7 Å². The van der Waals surface area contributed by atoms with E-state index in [2.05, 4.69) is 0 Å². The summed E-state index contributed by atoms with van der Waals surface area (Å²) in [5.74, 6) is -0.0306. The van der Waals surface area contributed by atoms with Crippen molar-refractivity contribution in [2.24, 2.45) is 5.73 Å². The van der Waals surface area contributed by atoms with Gasteiger partial charge in [0.25, 0.3) is 0 Å². The lowest BCUT2D eigenvalue weighted by Crippen LogP contribution is -2.35. The number of hydrogen-bond acceptors (Lipinski definition) is 3. The van der Waals surface area contributed by atoms with E-state index in [4.69, 9.17) is 5.73 Å². The van der Waals surface area contributed by atoms with Crippen molar-refractivity contribution < 1.29 is 9.90 Å². The number of phenols is 1. The normalized spacial score (nSPS) is 11.9. The summed E-state index contributed by atoms with van der Waals surface area (Å²) in [6.45, 7) is 1.99. The number of nitrogens with zero attached hydrogens (tertiary/aromatic N) is 1. The lowest BCUT2D eigenvalue weighted by molar-refractivity contribution is -0.119. The van der Waals surface area contributed by atoms with Crippen molar-refractivity contribution in [3.63, 3.8) is 0 Å². The summed E-state index contributed by atoms with van der Waals surface area (Å²) in [4.78, 5) is 13.8. The Morgan fingerprint density at radius 3 is 2.20 bits per heavy atom. The van der Waals surface area contributed by atoms with Crippen molar-refractivity contribution in [3.8, 4) is 5.75 Å². The largest absolute Gasteiger partial charge is 0.508 e. The number of rotatable bonds is 3. The molecule has 0 aliphatic heterocycles. The minimum atomic E-state index is -0.700. The van der Waals surface area contributed by atoms with Crippen molar-refractivity contribution in [2.45, 2.75) is 13.0 Å². The van der Waals surface area contributed by atoms with Gasteiger partial charge in [-0.2, -0.15) is 0 Å². The Balaban J connectivity index is 2.17. The third-order valence-corrected chi connectivity index (χ3v) is 3.27. The summed E-state index contributed by atoms with van der Waals surface area (Å²) in [6, 6.07) is 13.3. The number of likely N-dealkylation sites (N-methyl/N-ethyl adjacent to an activating group) is 1. The maximum Gasteiger partial charge on any atom is 0.248 e. The van der Waals surface area contributed by atoms with Crippen LogP contribution < -0.4 is 10.6 Å². The Kier molecular flexibility index (Phi) is 4.05. The first-order valence-corrected chi connectivity index (χ1v) is 6.38. The van der Waals surface area contributed by atoms with Crippen LogP contribution in [0.3, 0.4) is 0 Å². The minimum absolute atomic E-state index is 0.164. The van der Waals surface area contributed by atoms with Crippen molar-refractivity contribution in [2.75, 3.05) is 11.9 Å². The van der Waals surface area contributed by atoms with E-state index in [1.165, 1.54) is 17.0 Å². The molecule has 20 heavy (non-hydrogen) atoms. The average molecular weight is 270 g/mol. The van der Waals surface area contributed by atoms with Crippen molar-refractivity contribution in [1.29, 1.82) is 0 Å². The molecule has 0 bridgehead atoms. The number of benzene rings is 2. The highest BCUT2D eigenvalue weighted by molar-refractivity contribution is 5.97. The van der Waals surface area contributed by atoms with Crippen molar-refractivity contribution >= 4 is 11.6 Å². The van der Waals surface area contributed by atoms with Crippen molar-refractivity contribution in [3.05, 3.63) is 59.7 Å². The van der Waals surface area contributed by atoms with Gasteiger partial charge in [-0.3, -0.25) is 4.79 Å². The number of amides is 1. The number of aryl methyl sites for hydroxylation is 1. The van der Waals surface area contributed by atoms with Crippen molar-refractivity contribution in [1.82, 2.24) is 0 Å². The van der Waals surface area contributed by atoms with Gasteiger partial charge in [-0.05, 0) is 36.8 Å². The zero-order chi connectivity index (χ0) is 14.7. The molecule has 1 atom stereocenters. The van der Waals surface area contributed by atoms with E-state index in [0.29, 0.717) is 5.69 Å². The van der Waals surface area contributed by atoms with E-state index in [1.54, 1.807) is 19.2 Å². The Morgan fingerprint density at radius 2 is 1.65 bits per heavy atom. The maximum atomic E-state index is 12.4. The summed E-state index contributed by atoms with van der Waals surface area (Å²) in [5, 5.41) is 9.26. The lowest BCUT2D eigenvalue weighted by Gasteiger charge is -2.21. The first kappa shape index (κ1) is 14.1. The number of nitrogens with two attached hydrogens (primary N) is 1. The molecule has 0 fully saturated rings. The molecule has 0 saturated carbocycles. The van der Waals surface area contributed by atoms with Gasteiger partial charge < -0.3 is 15.7 Å². The molecule has 2 rings (SSSR count). The van der Waals surface area contributed by atoms with Crippen LogP contribution >= 0.6 is 0 Å². The third-order valence-electron chi connectivity index (χ3n) is 3.27. The Bertz CT molecular complexity index is 537. The highest BCUT2D eigenvalue weighted by Crippen LogP contribution is 2.21. The van der Waals surface area contributed by atoms with Gasteiger partial charge in [0.05, 0.1) is 0 Å². The quantitative estimate of drug-likeness (QED) is 0.899. The van der Waals surface area contributed by atoms with Crippen LogP contribution in [-0.4, -0.2) is 18.1 Å². The summed E-state index contributed by atoms with van der Waals surface area (Å²) in [6.07, 6.45) is 0.